The molecule has 1 N–H and O–H groups in total. The molecule has 8 aromatic carbocycles. The number of nitrogens with zero attached hydrogens (tertiary/aromatic N) is 1. The third-order valence-corrected chi connectivity index (χ3v) is 12.2. The van der Waals surface area contributed by atoms with Crippen molar-refractivity contribution in [3.05, 3.63) is 175 Å². The van der Waals surface area contributed by atoms with Gasteiger partial charge in [-0.3, -0.25) is 0 Å². The number of fused-ring (bicyclic) bond motifs is 10. The second-order valence-electron chi connectivity index (χ2n) is 15.5. The second-order valence-corrected chi connectivity index (χ2v) is 15.5. The van der Waals surface area contributed by atoms with Gasteiger partial charge in [0.1, 0.15) is 11.3 Å². The van der Waals surface area contributed by atoms with E-state index in [1.54, 1.807) is 0 Å². The zero-order valence-electron chi connectivity index (χ0n) is 30.5. The van der Waals surface area contributed by atoms with Gasteiger partial charge in [0.05, 0.1) is 11.2 Å². The van der Waals surface area contributed by atoms with E-state index in [9.17, 15) is 0 Å². The molecular formula is C51H34BN2O. The van der Waals surface area contributed by atoms with Gasteiger partial charge in [-0.05, 0) is 62.8 Å². The van der Waals surface area contributed by atoms with E-state index in [4.69, 9.17) is 4.42 Å². The Labute approximate surface area is 319 Å². The van der Waals surface area contributed by atoms with Crippen molar-refractivity contribution in [3.63, 3.8) is 0 Å². The van der Waals surface area contributed by atoms with Gasteiger partial charge in [0, 0.05) is 55.2 Å². The predicted octanol–water partition coefficient (Wildman–Crippen LogP) is 12.0. The first-order valence-electron chi connectivity index (χ1n) is 19.1. The van der Waals surface area contributed by atoms with Crippen LogP contribution in [0.1, 0.15) is 25.0 Å². The van der Waals surface area contributed by atoms with Crippen molar-refractivity contribution < 1.29 is 4.42 Å². The molecule has 0 spiro atoms. The predicted molar refractivity (Wildman–Crippen MR) is 231 cm³/mol. The van der Waals surface area contributed by atoms with E-state index in [-0.39, 0.29) is 5.41 Å². The van der Waals surface area contributed by atoms with Gasteiger partial charge in [0.25, 0.3) is 0 Å². The minimum atomic E-state index is -0.173. The first-order chi connectivity index (χ1) is 27.1. The number of para-hydroxylation sites is 3. The van der Waals surface area contributed by atoms with Crippen LogP contribution in [0.5, 0.6) is 0 Å². The van der Waals surface area contributed by atoms with E-state index in [1.165, 1.54) is 71.7 Å². The lowest BCUT2D eigenvalue weighted by Crippen LogP contribution is -2.37. The fraction of sp³-hybridized carbons (Fsp3) is 0.0588. The number of aromatic nitrogens is 1. The maximum absolute atomic E-state index is 6.91. The van der Waals surface area contributed by atoms with Crippen LogP contribution in [0.2, 0.25) is 0 Å². The molecule has 0 saturated heterocycles. The molecule has 55 heavy (non-hydrogen) atoms. The van der Waals surface area contributed by atoms with Gasteiger partial charge in [-0.15, -0.1) is 0 Å². The Bertz CT molecular complexity index is 3230. The Morgan fingerprint density at radius 1 is 0.582 bits per heavy atom. The molecular weight excluding hydrogens is 667 g/mol. The summed E-state index contributed by atoms with van der Waals surface area (Å²) in [6, 6.07) is 59.3. The zero-order chi connectivity index (χ0) is 36.4. The maximum Gasteiger partial charge on any atom is 0.198 e. The third-order valence-electron chi connectivity index (χ3n) is 12.2. The largest absolute Gasteiger partial charge is 0.455 e. The van der Waals surface area contributed by atoms with Crippen LogP contribution in [0.15, 0.2) is 168 Å². The van der Waals surface area contributed by atoms with Crippen LogP contribution in [0, 0.1) is 0 Å². The number of benzene rings is 8. The van der Waals surface area contributed by atoms with E-state index >= 15 is 0 Å². The molecule has 257 valence electrons. The summed E-state index contributed by atoms with van der Waals surface area (Å²) in [7, 11) is 2.42. The number of anilines is 2. The molecule has 4 heteroatoms. The van der Waals surface area contributed by atoms with Crippen LogP contribution < -0.4 is 16.2 Å². The van der Waals surface area contributed by atoms with Gasteiger partial charge in [-0.25, -0.2) is 0 Å². The molecule has 0 bridgehead atoms. The first kappa shape index (κ1) is 30.7. The summed E-state index contributed by atoms with van der Waals surface area (Å²) >= 11 is 0. The Morgan fingerprint density at radius 3 is 2.07 bits per heavy atom. The molecule has 3 nitrogen and oxygen atoms in total. The van der Waals surface area contributed by atoms with Crippen LogP contribution in [0.4, 0.5) is 11.4 Å². The smallest absolute Gasteiger partial charge is 0.198 e. The van der Waals surface area contributed by atoms with Crippen molar-refractivity contribution in [2.45, 2.75) is 19.3 Å². The summed E-state index contributed by atoms with van der Waals surface area (Å²) < 4.78 is 9.44. The average molecular weight is 702 g/mol. The highest BCUT2D eigenvalue weighted by atomic mass is 16.3. The van der Waals surface area contributed by atoms with Crippen molar-refractivity contribution in [2.24, 2.45) is 0 Å². The van der Waals surface area contributed by atoms with Gasteiger partial charge in [0.2, 0.25) is 0 Å². The van der Waals surface area contributed by atoms with Crippen LogP contribution in [0.25, 0.3) is 82.8 Å². The molecule has 2 aliphatic rings. The van der Waals surface area contributed by atoms with Crippen molar-refractivity contribution in [3.8, 4) is 39.3 Å². The van der Waals surface area contributed by atoms with E-state index in [0.717, 1.165) is 44.6 Å². The topological polar surface area (TPSA) is 30.1 Å². The first-order valence-corrected chi connectivity index (χ1v) is 19.1. The number of hydrogen-bond acceptors (Lipinski definition) is 2. The van der Waals surface area contributed by atoms with Crippen molar-refractivity contribution >= 4 is 73.1 Å². The molecule has 0 saturated carbocycles. The molecule has 0 amide bonds. The molecule has 0 fully saturated rings. The number of furan rings is 1. The summed E-state index contributed by atoms with van der Waals surface area (Å²) in [5.74, 6) is 0.889. The molecule has 0 unspecified atom stereocenters. The highest BCUT2D eigenvalue weighted by molar-refractivity contribution is 6.74. The quantitative estimate of drug-likeness (QED) is 0.186. The lowest BCUT2D eigenvalue weighted by molar-refractivity contribution is 0.632. The molecule has 1 radical (unpaired) electrons. The van der Waals surface area contributed by atoms with Crippen LogP contribution in [-0.4, -0.2) is 11.8 Å². The van der Waals surface area contributed by atoms with Gasteiger partial charge < -0.3 is 14.3 Å². The monoisotopic (exact) mass is 701 g/mol. The summed E-state index contributed by atoms with van der Waals surface area (Å²) in [6.45, 7) is 4.70. The Balaban J connectivity index is 1.20. The number of hydrogen-bond donors (Lipinski definition) is 1. The van der Waals surface area contributed by atoms with Crippen LogP contribution in [-0.2, 0) is 5.41 Å². The van der Waals surface area contributed by atoms with E-state index in [0.29, 0.717) is 0 Å². The SMILES string of the molecule is CC1(C)c2ccccc2Nc2c(-c3c4c5c(c6ccccc36)c3ccccc3n5-c3cc5c(-c6ccccc6)c(-c6ccccc6)oc5cc3[B]4)cccc21. The third kappa shape index (κ3) is 4.17. The molecule has 2 aromatic heterocycles. The molecule has 0 atom stereocenters. The van der Waals surface area contributed by atoms with Crippen molar-refractivity contribution in [2.75, 3.05) is 5.32 Å². The normalized spacial score (nSPS) is 13.7. The summed E-state index contributed by atoms with van der Waals surface area (Å²) in [5, 5.41) is 10.1. The maximum atomic E-state index is 6.91. The fourth-order valence-corrected chi connectivity index (χ4v) is 9.76. The van der Waals surface area contributed by atoms with E-state index < -0.39 is 0 Å². The van der Waals surface area contributed by atoms with Gasteiger partial charge in [-0.2, -0.15) is 0 Å². The van der Waals surface area contributed by atoms with E-state index in [1.807, 2.05) is 0 Å². The fourth-order valence-electron chi connectivity index (χ4n) is 9.76. The molecule has 12 rings (SSSR count). The lowest BCUT2D eigenvalue weighted by Gasteiger charge is -2.37. The second kappa shape index (κ2) is 11.1. The molecule has 10 aromatic rings. The molecule has 4 heterocycles. The molecule has 0 aliphatic carbocycles. The van der Waals surface area contributed by atoms with Gasteiger partial charge in [-0.1, -0.05) is 159 Å². The summed E-state index contributed by atoms with van der Waals surface area (Å²) in [6.07, 6.45) is 0. The average Bonchev–Trinajstić information content (AvgIpc) is 3.78. The Hall–Kier alpha value is -6.78. The Morgan fingerprint density at radius 2 is 1.25 bits per heavy atom. The van der Waals surface area contributed by atoms with Crippen molar-refractivity contribution in [1.82, 2.24) is 4.57 Å². The minimum Gasteiger partial charge on any atom is -0.455 e. The van der Waals surface area contributed by atoms with Crippen molar-refractivity contribution in [1.29, 1.82) is 0 Å². The Kier molecular flexibility index (Phi) is 6.20. The number of rotatable bonds is 3. The minimum absolute atomic E-state index is 0.173. The van der Waals surface area contributed by atoms with E-state index in [2.05, 4.69) is 195 Å². The van der Waals surface area contributed by atoms with Gasteiger partial charge in [0.15, 0.2) is 7.28 Å². The highest BCUT2D eigenvalue weighted by Crippen LogP contribution is 2.51. The highest BCUT2D eigenvalue weighted by Gasteiger charge is 2.36. The zero-order valence-corrected chi connectivity index (χ0v) is 30.5. The van der Waals surface area contributed by atoms with Crippen LogP contribution >= 0.6 is 0 Å². The summed E-state index contributed by atoms with van der Waals surface area (Å²) in [5.41, 5.74) is 17.4. The summed E-state index contributed by atoms with van der Waals surface area (Å²) in [4.78, 5) is 0. The van der Waals surface area contributed by atoms with Gasteiger partial charge >= 0.3 is 0 Å². The molecule has 2 aliphatic heterocycles. The standard InChI is InChI=1S/C51H34BN2O/c1-51(2)37-24-12-13-26-40(37)53-48-35(23-15-25-38(48)51)45-32-20-9-10-21-33(32)46-34-22-11-14-27-41(34)54-42-28-36-43(29-39(42)52-47(45)49(46)54)55-50(31-18-7-4-8-19-31)44(36)30-16-5-3-6-17-30/h3-29,53H,1-2H3. The number of nitrogens with one attached hydrogen (secondary N) is 1. The van der Waals surface area contributed by atoms with Crippen LogP contribution in [0.3, 0.4) is 0 Å². The lowest BCUT2D eigenvalue weighted by atomic mass is 9.58.